The van der Waals surface area contributed by atoms with Gasteiger partial charge in [-0.2, -0.15) is 0 Å². The van der Waals surface area contributed by atoms with Gasteiger partial charge >= 0.3 is 0 Å². The van der Waals surface area contributed by atoms with Crippen LogP contribution in [-0.2, 0) is 6.54 Å². The summed E-state index contributed by atoms with van der Waals surface area (Å²) in [7, 11) is 0. The molecule has 1 aliphatic heterocycles. The van der Waals surface area contributed by atoms with Crippen molar-refractivity contribution in [2.45, 2.75) is 13.5 Å². The van der Waals surface area contributed by atoms with E-state index in [1.807, 2.05) is 11.8 Å². The van der Waals surface area contributed by atoms with Gasteiger partial charge in [0.25, 0.3) is 6.20 Å². The van der Waals surface area contributed by atoms with Crippen LogP contribution in [0, 0.1) is 17.0 Å². The van der Waals surface area contributed by atoms with Crippen LogP contribution in [0.5, 0.6) is 0 Å². The number of hydrogen-bond donors (Lipinski definition) is 1. The van der Waals surface area contributed by atoms with Crippen LogP contribution in [-0.4, -0.2) is 32.9 Å². The maximum absolute atomic E-state index is 10.4. The van der Waals surface area contributed by atoms with Crippen LogP contribution in [0.15, 0.2) is 24.4 Å². The van der Waals surface area contributed by atoms with Gasteiger partial charge in [-0.3, -0.25) is 10.1 Å². The lowest BCUT2D eigenvalue weighted by molar-refractivity contribution is -0.404. The lowest BCUT2D eigenvalue weighted by atomic mass is 10.3. The van der Waals surface area contributed by atoms with Gasteiger partial charge in [0.1, 0.15) is 5.82 Å². The minimum atomic E-state index is -0.452. The molecule has 7 heteroatoms. The molecule has 90 valence electrons. The quantitative estimate of drug-likeness (QED) is 0.598. The molecule has 1 aromatic rings. The van der Waals surface area contributed by atoms with E-state index in [0.29, 0.717) is 24.7 Å². The standard InChI is InChI=1S/C10H13N5O2/c1-8-12-4-9(5-13-8)6-14-3-2-11-10(14)7-15(16)17/h4-5,7,11H,2-3,6H2,1H3/b10-7+. The molecular formula is C10H13N5O2. The summed E-state index contributed by atoms with van der Waals surface area (Å²) in [5.41, 5.74) is 0.938. The molecule has 0 saturated carbocycles. The SMILES string of the molecule is Cc1ncc(CN2CCN/C2=C\[N+](=O)[O-])cn1. The second kappa shape index (κ2) is 4.77. The molecule has 0 unspecified atom stereocenters. The lowest BCUT2D eigenvalue weighted by Crippen LogP contribution is -2.20. The molecule has 0 aliphatic carbocycles. The highest BCUT2D eigenvalue weighted by molar-refractivity contribution is 5.09. The number of aryl methyl sites for hydroxylation is 1. The number of aromatic nitrogens is 2. The van der Waals surface area contributed by atoms with E-state index in [0.717, 1.165) is 18.3 Å². The maximum atomic E-state index is 10.4. The minimum absolute atomic E-state index is 0.452. The van der Waals surface area contributed by atoms with Gasteiger partial charge < -0.3 is 10.2 Å². The second-order valence-corrected chi connectivity index (χ2v) is 3.79. The van der Waals surface area contributed by atoms with E-state index in [1.54, 1.807) is 12.4 Å². The van der Waals surface area contributed by atoms with Crippen LogP contribution >= 0.6 is 0 Å². The molecule has 2 rings (SSSR count). The first-order valence-corrected chi connectivity index (χ1v) is 5.27. The van der Waals surface area contributed by atoms with E-state index in [2.05, 4.69) is 15.3 Å². The molecule has 0 aromatic carbocycles. The smallest absolute Gasteiger partial charge is 0.274 e. The van der Waals surface area contributed by atoms with Crippen molar-refractivity contribution in [3.63, 3.8) is 0 Å². The van der Waals surface area contributed by atoms with Crippen molar-refractivity contribution in [2.24, 2.45) is 0 Å². The zero-order valence-corrected chi connectivity index (χ0v) is 9.46. The molecule has 0 spiro atoms. The predicted molar refractivity (Wildman–Crippen MR) is 60.3 cm³/mol. The van der Waals surface area contributed by atoms with Crippen molar-refractivity contribution in [1.82, 2.24) is 20.2 Å². The molecule has 1 fully saturated rings. The summed E-state index contributed by atoms with van der Waals surface area (Å²) < 4.78 is 0. The molecule has 1 saturated heterocycles. The summed E-state index contributed by atoms with van der Waals surface area (Å²) >= 11 is 0. The van der Waals surface area contributed by atoms with Crippen molar-refractivity contribution < 1.29 is 4.92 Å². The van der Waals surface area contributed by atoms with Crippen LogP contribution in [0.25, 0.3) is 0 Å². The fraction of sp³-hybridized carbons (Fsp3) is 0.400. The van der Waals surface area contributed by atoms with Crippen LogP contribution in [0.1, 0.15) is 11.4 Å². The second-order valence-electron chi connectivity index (χ2n) is 3.79. The van der Waals surface area contributed by atoms with Crippen molar-refractivity contribution in [2.75, 3.05) is 13.1 Å². The molecule has 7 nitrogen and oxygen atoms in total. The van der Waals surface area contributed by atoms with Crippen molar-refractivity contribution >= 4 is 0 Å². The van der Waals surface area contributed by atoms with E-state index in [1.165, 1.54) is 0 Å². The largest absolute Gasteiger partial charge is 0.365 e. The van der Waals surface area contributed by atoms with Gasteiger partial charge in [-0.15, -0.1) is 0 Å². The monoisotopic (exact) mass is 235 g/mol. The summed E-state index contributed by atoms with van der Waals surface area (Å²) in [5, 5.41) is 13.4. The normalized spacial score (nSPS) is 17.2. The third-order valence-corrected chi connectivity index (χ3v) is 2.46. The molecule has 0 radical (unpaired) electrons. The molecule has 0 bridgehead atoms. The first-order chi connectivity index (χ1) is 8.15. The summed E-state index contributed by atoms with van der Waals surface area (Å²) in [6.07, 6.45) is 4.47. The van der Waals surface area contributed by atoms with Crippen LogP contribution < -0.4 is 5.32 Å². The Balaban J connectivity index is 2.07. The van der Waals surface area contributed by atoms with Gasteiger partial charge in [0, 0.05) is 37.6 Å². The van der Waals surface area contributed by atoms with Gasteiger partial charge in [-0.05, 0) is 6.92 Å². The third kappa shape index (κ3) is 2.90. The van der Waals surface area contributed by atoms with E-state index in [4.69, 9.17) is 0 Å². The van der Waals surface area contributed by atoms with Gasteiger partial charge in [-0.1, -0.05) is 0 Å². The molecule has 1 aromatic heterocycles. The topological polar surface area (TPSA) is 84.2 Å². The first kappa shape index (κ1) is 11.3. The fourth-order valence-corrected chi connectivity index (χ4v) is 1.66. The summed E-state index contributed by atoms with van der Waals surface area (Å²) in [5.74, 6) is 1.25. The number of nitro groups is 1. The Morgan fingerprint density at radius 3 is 2.94 bits per heavy atom. The Hall–Kier alpha value is -2.18. The van der Waals surface area contributed by atoms with Gasteiger partial charge in [0.05, 0.1) is 4.92 Å². The number of nitrogens with zero attached hydrogens (tertiary/aromatic N) is 4. The molecule has 1 N–H and O–H groups in total. The van der Waals surface area contributed by atoms with Gasteiger partial charge in [0.2, 0.25) is 0 Å². The van der Waals surface area contributed by atoms with Gasteiger partial charge in [0.15, 0.2) is 5.82 Å². The molecule has 0 amide bonds. The Morgan fingerprint density at radius 2 is 2.29 bits per heavy atom. The van der Waals surface area contributed by atoms with Gasteiger partial charge in [-0.25, -0.2) is 9.97 Å². The third-order valence-electron chi connectivity index (χ3n) is 2.46. The number of nitrogens with one attached hydrogen (secondary N) is 1. The van der Waals surface area contributed by atoms with E-state index < -0.39 is 4.92 Å². The van der Waals surface area contributed by atoms with Crippen molar-refractivity contribution in [3.05, 3.63) is 45.9 Å². The van der Waals surface area contributed by atoms with Crippen molar-refractivity contribution in [3.8, 4) is 0 Å². The molecule has 0 atom stereocenters. The van der Waals surface area contributed by atoms with Crippen LogP contribution in [0.3, 0.4) is 0 Å². The Kier molecular flexibility index (Phi) is 3.17. The highest BCUT2D eigenvalue weighted by atomic mass is 16.6. The minimum Gasteiger partial charge on any atom is -0.365 e. The lowest BCUT2D eigenvalue weighted by Gasteiger charge is -2.16. The van der Waals surface area contributed by atoms with E-state index >= 15 is 0 Å². The summed E-state index contributed by atoms with van der Waals surface area (Å²) in [6, 6.07) is 0. The van der Waals surface area contributed by atoms with Crippen LogP contribution in [0.4, 0.5) is 0 Å². The van der Waals surface area contributed by atoms with E-state index in [9.17, 15) is 10.1 Å². The zero-order chi connectivity index (χ0) is 12.3. The average Bonchev–Trinajstić information content (AvgIpc) is 2.68. The molecule has 1 aliphatic rings. The van der Waals surface area contributed by atoms with Crippen molar-refractivity contribution in [1.29, 1.82) is 0 Å². The number of hydrogen-bond acceptors (Lipinski definition) is 6. The molecule has 17 heavy (non-hydrogen) atoms. The highest BCUT2D eigenvalue weighted by Gasteiger charge is 2.19. The Bertz CT molecular complexity index is 443. The fourth-order valence-electron chi connectivity index (χ4n) is 1.66. The maximum Gasteiger partial charge on any atom is 0.274 e. The Labute approximate surface area is 98.3 Å². The number of rotatable bonds is 3. The Morgan fingerprint density at radius 1 is 1.59 bits per heavy atom. The molecule has 2 heterocycles. The summed E-state index contributed by atoms with van der Waals surface area (Å²) in [6.45, 7) is 3.85. The van der Waals surface area contributed by atoms with E-state index in [-0.39, 0.29) is 0 Å². The zero-order valence-electron chi connectivity index (χ0n) is 9.46. The molecular weight excluding hydrogens is 222 g/mol. The van der Waals surface area contributed by atoms with Crippen LogP contribution in [0.2, 0.25) is 0 Å². The average molecular weight is 235 g/mol. The summed E-state index contributed by atoms with van der Waals surface area (Å²) in [4.78, 5) is 20.1. The first-order valence-electron chi connectivity index (χ1n) is 5.27. The highest BCUT2D eigenvalue weighted by Crippen LogP contribution is 2.11. The predicted octanol–water partition coefficient (Wildman–Crippen LogP) is 0.266.